The van der Waals surface area contributed by atoms with E-state index in [4.69, 9.17) is 11.6 Å². The number of nitrogens with zero attached hydrogens (tertiary/aromatic N) is 3. The van der Waals surface area contributed by atoms with Crippen molar-refractivity contribution in [3.8, 4) is 5.69 Å². The van der Waals surface area contributed by atoms with E-state index in [2.05, 4.69) is 53.6 Å². The summed E-state index contributed by atoms with van der Waals surface area (Å²) in [5.74, 6) is 1.16. The molecule has 0 radical (unpaired) electrons. The van der Waals surface area contributed by atoms with Crippen molar-refractivity contribution in [2.75, 3.05) is 0 Å². The average molecular weight is 477 g/mol. The van der Waals surface area contributed by atoms with Crippen LogP contribution in [0.5, 0.6) is 0 Å². The van der Waals surface area contributed by atoms with E-state index < -0.39 is 5.38 Å². The average Bonchev–Trinajstić information content (AvgIpc) is 3.25. The van der Waals surface area contributed by atoms with Crippen LogP contribution in [0.2, 0.25) is 0 Å². The van der Waals surface area contributed by atoms with Crippen LogP contribution in [0.1, 0.15) is 33.5 Å². The lowest BCUT2D eigenvalue weighted by atomic mass is 10.1. The summed E-state index contributed by atoms with van der Waals surface area (Å²) < 4.78 is 1.99. The monoisotopic (exact) mass is 476 g/mol. The van der Waals surface area contributed by atoms with Gasteiger partial charge >= 0.3 is 0 Å². The van der Waals surface area contributed by atoms with E-state index in [9.17, 15) is 4.79 Å². The Kier molecular flexibility index (Phi) is 7.47. The second-order valence-corrected chi connectivity index (χ2v) is 9.15. The molecule has 0 aliphatic rings. The normalized spacial score (nSPS) is 11.8. The number of carbonyl (C=O) groups is 1. The number of aryl methyl sites for hydroxylation is 2. The van der Waals surface area contributed by atoms with E-state index in [1.165, 1.54) is 16.7 Å². The van der Waals surface area contributed by atoms with Gasteiger partial charge in [0.15, 0.2) is 11.0 Å². The van der Waals surface area contributed by atoms with Crippen molar-refractivity contribution in [2.45, 2.75) is 36.7 Å². The third-order valence-electron chi connectivity index (χ3n) is 5.35. The Morgan fingerprint density at radius 3 is 2.39 bits per heavy atom. The zero-order valence-electron chi connectivity index (χ0n) is 18.5. The summed E-state index contributed by atoms with van der Waals surface area (Å²) in [6.45, 7) is 4.38. The first kappa shape index (κ1) is 23.1. The number of nitrogens with one attached hydrogen (secondary N) is 1. The fourth-order valence-electron chi connectivity index (χ4n) is 3.40. The molecule has 168 valence electrons. The lowest BCUT2D eigenvalue weighted by Crippen LogP contribution is -2.27. The lowest BCUT2D eigenvalue weighted by molar-refractivity contribution is -0.121. The number of aromatic nitrogens is 3. The molecule has 0 aliphatic heterocycles. The number of carbonyl (C=O) groups excluding carboxylic acids is 1. The van der Waals surface area contributed by atoms with Gasteiger partial charge in [0.1, 0.15) is 5.38 Å². The van der Waals surface area contributed by atoms with Crippen molar-refractivity contribution >= 4 is 29.3 Å². The van der Waals surface area contributed by atoms with Gasteiger partial charge < -0.3 is 5.32 Å². The minimum Gasteiger partial charge on any atom is -0.347 e. The predicted molar refractivity (Wildman–Crippen MR) is 134 cm³/mol. The van der Waals surface area contributed by atoms with E-state index in [1.54, 1.807) is 11.8 Å². The van der Waals surface area contributed by atoms with Crippen LogP contribution in [0.4, 0.5) is 0 Å². The van der Waals surface area contributed by atoms with Gasteiger partial charge in [0.25, 0.3) is 0 Å². The molecule has 1 aromatic heterocycles. The lowest BCUT2D eigenvalue weighted by Gasteiger charge is -2.13. The fraction of sp³-hybridized carbons (Fsp3) is 0.192. The molecule has 1 amide bonds. The molecule has 1 unspecified atom stereocenters. The van der Waals surface area contributed by atoms with Crippen molar-refractivity contribution in [2.24, 2.45) is 0 Å². The molecule has 0 fully saturated rings. The highest BCUT2D eigenvalue weighted by atomic mass is 35.5. The highest BCUT2D eigenvalue weighted by Gasteiger charge is 2.20. The van der Waals surface area contributed by atoms with Crippen LogP contribution < -0.4 is 5.32 Å². The summed E-state index contributed by atoms with van der Waals surface area (Å²) in [4.78, 5) is 12.7. The first-order valence-corrected chi connectivity index (χ1v) is 12.1. The Hall–Kier alpha value is -3.09. The summed E-state index contributed by atoms with van der Waals surface area (Å²) in [5, 5.41) is 11.7. The zero-order valence-corrected chi connectivity index (χ0v) is 20.1. The van der Waals surface area contributed by atoms with Crippen molar-refractivity contribution in [3.63, 3.8) is 0 Å². The van der Waals surface area contributed by atoms with Gasteiger partial charge in [-0.3, -0.25) is 9.36 Å². The van der Waals surface area contributed by atoms with Gasteiger partial charge in [-0.05, 0) is 42.7 Å². The molecule has 33 heavy (non-hydrogen) atoms. The molecule has 1 heterocycles. The molecule has 3 aromatic carbocycles. The molecule has 7 heteroatoms. The standard InChI is InChI=1S/C26H25ClN4OS/c1-18-12-14-22(15-13-18)31-23(16-28-25(32)24(27)20-9-4-3-5-10-20)29-30-26(31)33-17-21-11-7-6-8-19(21)2/h3-15,24H,16-17H2,1-2H3,(H,28,32). The highest BCUT2D eigenvalue weighted by Crippen LogP contribution is 2.27. The van der Waals surface area contributed by atoms with Gasteiger partial charge in [0.2, 0.25) is 5.91 Å². The van der Waals surface area contributed by atoms with E-state index in [0.29, 0.717) is 5.82 Å². The minimum absolute atomic E-state index is 0.223. The maximum absolute atomic E-state index is 12.7. The molecule has 0 aliphatic carbocycles. The Morgan fingerprint density at radius 1 is 0.970 bits per heavy atom. The van der Waals surface area contributed by atoms with Crippen LogP contribution in [0.15, 0.2) is 84.0 Å². The number of amides is 1. The fourth-order valence-corrected chi connectivity index (χ4v) is 4.67. The highest BCUT2D eigenvalue weighted by molar-refractivity contribution is 7.98. The van der Waals surface area contributed by atoms with Gasteiger partial charge in [0, 0.05) is 11.4 Å². The number of hydrogen-bond acceptors (Lipinski definition) is 4. The molecule has 1 atom stereocenters. The molecule has 0 spiro atoms. The smallest absolute Gasteiger partial charge is 0.242 e. The summed E-state index contributed by atoms with van der Waals surface area (Å²) in [7, 11) is 0. The van der Waals surface area contributed by atoms with E-state index in [-0.39, 0.29) is 12.5 Å². The van der Waals surface area contributed by atoms with Crippen LogP contribution in [-0.2, 0) is 17.1 Å². The molecule has 4 rings (SSSR count). The van der Waals surface area contributed by atoms with Crippen LogP contribution in [0.3, 0.4) is 0 Å². The van der Waals surface area contributed by atoms with E-state index in [1.807, 2.05) is 59.2 Å². The third kappa shape index (κ3) is 5.64. The molecule has 5 nitrogen and oxygen atoms in total. The number of alkyl halides is 1. The third-order valence-corrected chi connectivity index (χ3v) is 6.78. The molecule has 0 saturated heterocycles. The van der Waals surface area contributed by atoms with Gasteiger partial charge in [-0.15, -0.1) is 21.8 Å². The number of thioether (sulfide) groups is 1. The quantitative estimate of drug-likeness (QED) is 0.259. The van der Waals surface area contributed by atoms with Crippen LogP contribution >= 0.6 is 23.4 Å². The maximum atomic E-state index is 12.7. The summed E-state index contributed by atoms with van der Waals surface area (Å²) >= 11 is 8.00. The minimum atomic E-state index is -0.767. The summed E-state index contributed by atoms with van der Waals surface area (Å²) in [6.07, 6.45) is 0. The first-order valence-electron chi connectivity index (χ1n) is 10.7. The molecular formula is C26H25ClN4OS. The predicted octanol–water partition coefficient (Wildman–Crippen LogP) is 5.77. The van der Waals surface area contributed by atoms with Crippen molar-refractivity contribution in [3.05, 3.63) is 107 Å². The number of halogens is 1. The van der Waals surface area contributed by atoms with Crippen molar-refractivity contribution in [1.82, 2.24) is 20.1 Å². The second-order valence-electron chi connectivity index (χ2n) is 7.78. The van der Waals surface area contributed by atoms with Gasteiger partial charge in [-0.1, -0.05) is 84.1 Å². The molecule has 1 N–H and O–H groups in total. The number of hydrogen-bond donors (Lipinski definition) is 1. The topological polar surface area (TPSA) is 59.8 Å². The first-order chi connectivity index (χ1) is 16.0. The SMILES string of the molecule is Cc1ccc(-n2c(CNC(=O)C(Cl)c3ccccc3)nnc2SCc2ccccc2C)cc1. The van der Waals surface area contributed by atoms with Crippen LogP contribution in [0, 0.1) is 13.8 Å². The molecule has 4 aromatic rings. The number of rotatable bonds is 8. The maximum Gasteiger partial charge on any atom is 0.242 e. The molecule has 0 saturated carbocycles. The largest absolute Gasteiger partial charge is 0.347 e. The van der Waals surface area contributed by atoms with Crippen molar-refractivity contribution < 1.29 is 4.79 Å². The Balaban J connectivity index is 1.55. The van der Waals surface area contributed by atoms with Crippen LogP contribution in [0.25, 0.3) is 5.69 Å². The summed E-state index contributed by atoms with van der Waals surface area (Å²) in [6, 6.07) is 25.8. The van der Waals surface area contributed by atoms with Crippen molar-refractivity contribution in [1.29, 1.82) is 0 Å². The molecular weight excluding hydrogens is 452 g/mol. The van der Waals surface area contributed by atoms with Crippen LogP contribution in [-0.4, -0.2) is 20.7 Å². The Labute approximate surface area is 203 Å². The van der Waals surface area contributed by atoms with Gasteiger partial charge in [0.05, 0.1) is 6.54 Å². The Bertz CT molecular complexity index is 1220. The summed E-state index contributed by atoms with van der Waals surface area (Å²) in [5.41, 5.74) is 5.37. The van der Waals surface area contributed by atoms with E-state index >= 15 is 0 Å². The van der Waals surface area contributed by atoms with E-state index in [0.717, 1.165) is 22.2 Å². The zero-order chi connectivity index (χ0) is 23.2. The second kappa shape index (κ2) is 10.7. The molecule has 0 bridgehead atoms. The van der Waals surface area contributed by atoms with Gasteiger partial charge in [-0.25, -0.2) is 0 Å². The van der Waals surface area contributed by atoms with Gasteiger partial charge in [-0.2, -0.15) is 0 Å². The Morgan fingerprint density at radius 2 is 1.67 bits per heavy atom. The number of benzene rings is 3.